The first-order valence-corrected chi connectivity index (χ1v) is 4.98. The van der Waals surface area contributed by atoms with Crippen LogP contribution in [0.5, 0.6) is 0 Å². The lowest BCUT2D eigenvalue weighted by molar-refractivity contribution is 0.0919. The van der Waals surface area contributed by atoms with Crippen molar-refractivity contribution in [3.05, 3.63) is 29.3 Å². The fraction of sp³-hybridized carbons (Fsp3) is 0.417. The molecule has 0 aliphatic rings. The Morgan fingerprint density at radius 3 is 2.38 bits per heavy atom. The third-order valence-electron chi connectivity index (χ3n) is 1.99. The van der Waals surface area contributed by atoms with Crippen molar-refractivity contribution in [1.29, 1.82) is 0 Å². The zero-order valence-electron chi connectivity index (χ0n) is 10.1. The van der Waals surface area contributed by atoms with E-state index in [2.05, 4.69) is 5.32 Å². The molecule has 1 aromatic carbocycles. The molecule has 0 bridgehead atoms. The number of amides is 1. The smallest absolute Gasteiger partial charge is 0.252 e. The second-order valence-electron chi connectivity index (χ2n) is 4.78. The van der Waals surface area contributed by atoms with Crippen LogP contribution in [0.2, 0.25) is 0 Å². The first-order chi connectivity index (χ1) is 6.79. The SMILES string of the molecule is Cc1ccc(N)cc1C(=O)NC(C)(C)C.Cl. The van der Waals surface area contributed by atoms with Crippen molar-refractivity contribution in [1.82, 2.24) is 5.32 Å². The van der Waals surface area contributed by atoms with Gasteiger partial charge in [-0.15, -0.1) is 12.4 Å². The highest BCUT2D eigenvalue weighted by Crippen LogP contribution is 2.13. The Bertz CT molecular complexity index is 383. The number of carbonyl (C=O) groups excluding carboxylic acids is 1. The van der Waals surface area contributed by atoms with Crippen LogP contribution in [0.1, 0.15) is 36.7 Å². The molecule has 4 heteroatoms. The molecule has 0 fully saturated rings. The standard InChI is InChI=1S/C12H18N2O.ClH/c1-8-5-6-9(13)7-10(8)11(15)14-12(2,3)4;/h5-7H,13H2,1-4H3,(H,14,15);1H. The highest BCUT2D eigenvalue weighted by Gasteiger charge is 2.16. The quantitative estimate of drug-likeness (QED) is 0.744. The monoisotopic (exact) mass is 242 g/mol. The molecule has 0 unspecified atom stereocenters. The minimum Gasteiger partial charge on any atom is -0.399 e. The van der Waals surface area contributed by atoms with Gasteiger partial charge in [0.05, 0.1) is 0 Å². The third kappa shape index (κ3) is 4.11. The Hall–Kier alpha value is -1.22. The summed E-state index contributed by atoms with van der Waals surface area (Å²) in [6.07, 6.45) is 0. The van der Waals surface area contributed by atoms with Gasteiger partial charge in [0, 0.05) is 16.8 Å². The highest BCUT2D eigenvalue weighted by molar-refractivity contribution is 5.96. The molecular formula is C12H19ClN2O. The molecule has 3 N–H and O–H groups in total. The van der Waals surface area contributed by atoms with Crippen LogP contribution in [0.3, 0.4) is 0 Å². The number of hydrogen-bond donors (Lipinski definition) is 2. The van der Waals surface area contributed by atoms with E-state index >= 15 is 0 Å². The van der Waals surface area contributed by atoms with E-state index in [1.807, 2.05) is 33.8 Å². The molecule has 1 amide bonds. The van der Waals surface area contributed by atoms with Crippen molar-refractivity contribution < 1.29 is 4.79 Å². The molecule has 0 radical (unpaired) electrons. The van der Waals surface area contributed by atoms with Crippen LogP contribution >= 0.6 is 12.4 Å². The van der Waals surface area contributed by atoms with Crippen LogP contribution in [0.4, 0.5) is 5.69 Å². The van der Waals surface area contributed by atoms with E-state index in [0.29, 0.717) is 11.3 Å². The molecule has 3 nitrogen and oxygen atoms in total. The van der Waals surface area contributed by atoms with Gasteiger partial charge in [-0.1, -0.05) is 6.07 Å². The zero-order valence-corrected chi connectivity index (χ0v) is 10.9. The molecule has 1 aromatic rings. The van der Waals surface area contributed by atoms with Crippen LogP contribution < -0.4 is 11.1 Å². The summed E-state index contributed by atoms with van der Waals surface area (Å²) >= 11 is 0. The maximum Gasteiger partial charge on any atom is 0.252 e. The summed E-state index contributed by atoms with van der Waals surface area (Å²) in [4.78, 5) is 11.9. The first-order valence-electron chi connectivity index (χ1n) is 4.98. The van der Waals surface area contributed by atoms with Crippen molar-refractivity contribution >= 4 is 24.0 Å². The number of hydrogen-bond acceptors (Lipinski definition) is 2. The second-order valence-corrected chi connectivity index (χ2v) is 4.78. The van der Waals surface area contributed by atoms with Gasteiger partial charge in [0.15, 0.2) is 0 Å². The number of anilines is 1. The Labute approximate surface area is 103 Å². The fourth-order valence-electron chi connectivity index (χ4n) is 1.29. The van der Waals surface area contributed by atoms with E-state index in [9.17, 15) is 4.79 Å². The number of aryl methyl sites for hydroxylation is 1. The van der Waals surface area contributed by atoms with Gasteiger partial charge in [-0.2, -0.15) is 0 Å². The normalized spacial score (nSPS) is 10.5. The van der Waals surface area contributed by atoms with Crippen molar-refractivity contribution in [3.63, 3.8) is 0 Å². The first kappa shape index (κ1) is 14.8. The van der Waals surface area contributed by atoms with Crippen LogP contribution in [-0.2, 0) is 0 Å². The van der Waals surface area contributed by atoms with Gasteiger partial charge in [0.2, 0.25) is 0 Å². The topological polar surface area (TPSA) is 55.1 Å². The van der Waals surface area contributed by atoms with E-state index in [1.165, 1.54) is 0 Å². The lowest BCUT2D eigenvalue weighted by atomic mass is 10.0. The lowest BCUT2D eigenvalue weighted by Gasteiger charge is -2.21. The molecule has 0 saturated carbocycles. The van der Waals surface area contributed by atoms with Gasteiger partial charge in [0.25, 0.3) is 5.91 Å². The Morgan fingerprint density at radius 2 is 1.88 bits per heavy atom. The predicted octanol–water partition coefficient (Wildman–Crippen LogP) is 2.53. The molecular weight excluding hydrogens is 224 g/mol. The predicted molar refractivity (Wildman–Crippen MR) is 70.1 cm³/mol. The molecule has 0 heterocycles. The lowest BCUT2D eigenvalue weighted by Crippen LogP contribution is -2.40. The summed E-state index contributed by atoms with van der Waals surface area (Å²) in [5, 5.41) is 2.91. The number of nitrogens with two attached hydrogens (primary N) is 1. The van der Waals surface area contributed by atoms with Gasteiger partial charge in [-0.25, -0.2) is 0 Å². The second kappa shape index (κ2) is 5.21. The van der Waals surface area contributed by atoms with Gasteiger partial charge >= 0.3 is 0 Å². The van der Waals surface area contributed by atoms with E-state index in [4.69, 9.17) is 5.73 Å². The molecule has 1 rings (SSSR count). The Balaban J connectivity index is 0.00000225. The van der Waals surface area contributed by atoms with E-state index in [1.54, 1.807) is 12.1 Å². The number of rotatable bonds is 1. The van der Waals surface area contributed by atoms with Crippen molar-refractivity contribution in [2.75, 3.05) is 5.73 Å². The molecule has 0 aliphatic carbocycles. The van der Waals surface area contributed by atoms with Crippen molar-refractivity contribution in [2.24, 2.45) is 0 Å². The van der Waals surface area contributed by atoms with Crippen molar-refractivity contribution in [3.8, 4) is 0 Å². The Kier molecular flexibility index (Phi) is 4.81. The molecule has 0 saturated heterocycles. The summed E-state index contributed by atoms with van der Waals surface area (Å²) in [5.74, 6) is -0.0766. The fourth-order valence-corrected chi connectivity index (χ4v) is 1.29. The van der Waals surface area contributed by atoms with E-state index in [0.717, 1.165) is 5.56 Å². The molecule has 0 aliphatic heterocycles. The maximum absolute atomic E-state index is 11.9. The summed E-state index contributed by atoms with van der Waals surface area (Å²) in [5.41, 5.74) is 7.61. The summed E-state index contributed by atoms with van der Waals surface area (Å²) in [6, 6.07) is 5.35. The molecule has 16 heavy (non-hydrogen) atoms. The number of nitrogen functional groups attached to an aromatic ring is 1. The van der Waals surface area contributed by atoms with Gasteiger partial charge in [-0.05, 0) is 45.4 Å². The summed E-state index contributed by atoms with van der Waals surface area (Å²) < 4.78 is 0. The average Bonchev–Trinajstić information content (AvgIpc) is 2.06. The molecule has 90 valence electrons. The number of carbonyl (C=O) groups is 1. The molecule has 0 aromatic heterocycles. The number of benzene rings is 1. The number of nitrogens with one attached hydrogen (secondary N) is 1. The minimum atomic E-state index is -0.228. The minimum absolute atomic E-state index is 0. The van der Waals surface area contributed by atoms with Gasteiger partial charge in [0.1, 0.15) is 0 Å². The number of halogens is 1. The Morgan fingerprint density at radius 1 is 1.31 bits per heavy atom. The van der Waals surface area contributed by atoms with Gasteiger partial charge < -0.3 is 11.1 Å². The highest BCUT2D eigenvalue weighted by atomic mass is 35.5. The van der Waals surface area contributed by atoms with Crippen LogP contribution in [0.15, 0.2) is 18.2 Å². The van der Waals surface area contributed by atoms with E-state index < -0.39 is 0 Å². The largest absolute Gasteiger partial charge is 0.399 e. The molecule has 0 spiro atoms. The zero-order chi connectivity index (χ0) is 11.6. The summed E-state index contributed by atoms with van der Waals surface area (Å²) in [7, 11) is 0. The third-order valence-corrected chi connectivity index (χ3v) is 1.99. The van der Waals surface area contributed by atoms with Crippen LogP contribution in [-0.4, -0.2) is 11.4 Å². The average molecular weight is 243 g/mol. The van der Waals surface area contributed by atoms with Gasteiger partial charge in [-0.3, -0.25) is 4.79 Å². The van der Waals surface area contributed by atoms with E-state index in [-0.39, 0.29) is 23.9 Å². The van der Waals surface area contributed by atoms with Crippen LogP contribution in [0, 0.1) is 6.92 Å². The van der Waals surface area contributed by atoms with Crippen molar-refractivity contribution in [2.45, 2.75) is 33.2 Å². The molecule has 0 atom stereocenters. The summed E-state index contributed by atoms with van der Waals surface area (Å²) in [6.45, 7) is 7.75. The maximum atomic E-state index is 11.9. The van der Waals surface area contributed by atoms with Crippen LogP contribution in [0.25, 0.3) is 0 Å².